The minimum absolute atomic E-state index is 0.129. The van der Waals surface area contributed by atoms with Gasteiger partial charge in [-0.3, -0.25) is 0 Å². The van der Waals surface area contributed by atoms with E-state index >= 15 is 0 Å². The fourth-order valence-corrected chi connectivity index (χ4v) is 3.95. The predicted octanol–water partition coefficient (Wildman–Crippen LogP) is 2.99. The van der Waals surface area contributed by atoms with E-state index in [1.54, 1.807) is 0 Å². The van der Waals surface area contributed by atoms with Crippen LogP contribution in [0.2, 0.25) is 0 Å². The van der Waals surface area contributed by atoms with Gasteiger partial charge in [-0.2, -0.15) is 0 Å². The Morgan fingerprint density at radius 2 is 1.75 bits per heavy atom. The van der Waals surface area contributed by atoms with Crippen molar-refractivity contribution in [3.8, 4) is 0 Å². The molecule has 3 rings (SSSR count). The molecule has 3 N–H and O–H groups in total. The van der Waals surface area contributed by atoms with Crippen LogP contribution < -0.4 is 10.2 Å². The third-order valence-electron chi connectivity index (χ3n) is 5.74. The molecule has 1 heterocycles. The summed E-state index contributed by atoms with van der Waals surface area (Å²) in [7, 11) is 0. The van der Waals surface area contributed by atoms with Gasteiger partial charge < -0.3 is 20.4 Å². The minimum atomic E-state index is -0.513. The predicted molar refractivity (Wildman–Crippen MR) is 98.3 cm³/mol. The van der Waals surface area contributed by atoms with Gasteiger partial charge in [-0.25, -0.2) is 0 Å². The van der Waals surface area contributed by atoms with Crippen molar-refractivity contribution in [1.82, 2.24) is 5.32 Å². The molecule has 1 aliphatic heterocycles. The average molecular weight is 332 g/mol. The highest BCUT2D eigenvalue weighted by Crippen LogP contribution is 2.28. The normalized spacial score (nSPS) is 23.2. The Kier molecular flexibility index (Phi) is 5.80. The van der Waals surface area contributed by atoms with Gasteiger partial charge in [0.2, 0.25) is 0 Å². The molecule has 0 radical (unpaired) electrons. The minimum Gasteiger partial charge on any atom is -0.393 e. The number of rotatable bonds is 5. The Bertz CT molecular complexity index is 503. The molecule has 1 aromatic carbocycles. The summed E-state index contributed by atoms with van der Waals surface area (Å²) in [5.74, 6) is 0. The van der Waals surface area contributed by atoms with Crippen molar-refractivity contribution in [3.63, 3.8) is 0 Å². The SMILES string of the molecule is CC(NCC1(O)CCCCC1)c1ccc(N2CCC(O)CC2)cc1. The van der Waals surface area contributed by atoms with Gasteiger partial charge in [0.25, 0.3) is 0 Å². The van der Waals surface area contributed by atoms with Crippen LogP contribution in [0.15, 0.2) is 24.3 Å². The van der Waals surface area contributed by atoms with Gasteiger partial charge >= 0.3 is 0 Å². The first-order valence-electron chi connectivity index (χ1n) is 9.54. The van der Waals surface area contributed by atoms with Crippen LogP contribution >= 0.6 is 0 Å². The third kappa shape index (κ3) is 4.50. The van der Waals surface area contributed by atoms with Crippen molar-refractivity contribution in [1.29, 1.82) is 0 Å². The van der Waals surface area contributed by atoms with Crippen LogP contribution in [0.4, 0.5) is 5.69 Å². The van der Waals surface area contributed by atoms with Crippen LogP contribution in [0, 0.1) is 0 Å². The molecule has 0 aromatic heterocycles. The molecule has 1 unspecified atom stereocenters. The van der Waals surface area contributed by atoms with Gasteiger partial charge in [0, 0.05) is 31.4 Å². The fraction of sp³-hybridized carbons (Fsp3) is 0.700. The van der Waals surface area contributed by atoms with Crippen molar-refractivity contribution >= 4 is 5.69 Å². The Morgan fingerprint density at radius 3 is 2.38 bits per heavy atom. The van der Waals surface area contributed by atoms with E-state index in [1.807, 2.05) is 0 Å². The second-order valence-electron chi connectivity index (χ2n) is 7.70. The van der Waals surface area contributed by atoms with Gasteiger partial charge in [0.05, 0.1) is 11.7 Å². The van der Waals surface area contributed by atoms with Crippen molar-refractivity contribution in [3.05, 3.63) is 29.8 Å². The van der Waals surface area contributed by atoms with Crippen LogP contribution in [0.3, 0.4) is 0 Å². The van der Waals surface area contributed by atoms with Crippen LogP contribution in [0.1, 0.15) is 63.5 Å². The van der Waals surface area contributed by atoms with E-state index < -0.39 is 5.60 Å². The van der Waals surface area contributed by atoms with Crippen molar-refractivity contribution in [2.45, 2.75) is 69.6 Å². The summed E-state index contributed by atoms with van der Waals surface area (Å²) in [6.07, 6.45) is 6.98. The lowest BCUT2D eigenvalue weighted by Crippen LogP contribution is -2.42. The molecule has 1 saturated carbocycles. The van der Waals surface area contributed by atoms with E-state index in [0.717, 1.165) is 51.6 Å². The average Bonchev–Trinajstić information content (AvgIpc) is 2.61. The summed E-state index contributed by atoms with van der Waals surface area (Å²) >= 11 is 0. The zero-order chi connectivity index (χ0) is 17.0. The molecule has 4 heteroatoms. The maximum atomic E-state index is 10.6. The molecule has 134 valence electrons. The Hall–Kier alpha value is -1.10. The van der Waals surface area contributed by atoms with Gasteiger partial charge in [-0.1, -0.05) is 31.4 Å². The zero-order valence-electron chi connectivity index (χ0n) is 14.9. The second-order valence-corrected chi connectivity index (χ2v) is 7.70. The Morgan fingerprint density at radius 1 is 1.12 bits per heavy atom. The van der Waals surface area contributed by atoms with Crippen LogP contribution in [-0.2, 0) is 0 Å². The number of hydrogen-bond acceptors (Lipinski definition) is 4. The number of hydrogen-bond donors (Lipinski definition) is 3. The van der Waals surface area contributed by atoms with E-state index in [1.165, 1.54) is 17.7 Å². The van der Waals surface area contributed by atoms with Crippen molar-refractivity contribution < 1.29 is 10.2 Å². The molecular formula is C20H32N2O2. The number of benzene rings is 1. The smallest absolute Gasteiger partial charge is 0.0771 e. The van der Waals surface area contributed by atoms with E-state index in [2.05, 4.69) is 41.4 Å². The molecule has 4 nitrogen and oxygen atoms in total. The summed E-state index contributed by atoms with van der Waals surface area (Å²) in [6.45, 7) is 4.71. The molecule has 1 atom stereocenters. The highest BCUT2D eigenvalue weighted by atomic mass is 16.3. The molecule has 0 spiro atoms. The number of nitrogens with zero attached hydrogens (tertiary/aromatic N) is 1. The summed E-state index contributed by atoms with van der Waals surface area (Å²) in [4.78, 5) is 2.35. The van der Waals surface area contributed by atoms with E-state index in [9.17, 15) is 10.2 Å². The molecule has 2 aliphatic rings. The summed E-state index contributed by atoms with van der Waals surface area (Å²) < 4.78 is 0. The first-order valence-corrected chi connectivity index (χ1v) is 9.54. The van der Waals surface area contributed by atoms with Gasteiger partial charge in [0.15, 0.2) is 0 Å². The molecule has 0 bridgehead atoms. The molecule has 1 saturated heterocycles. The van der Waals surface area contributed by atoms with Crippen molar-refractivity contribution in [2.24, 2.45) is 0 Å². The molecule has 1 aromatic rings. The molecule has 2 fully saturated rings. The lowest BCUT2D eigenvalue weighted by atomic mass is 9.84. The summed E-state index contributed by atoms with van der Waals surface area (Å²) in [5, 5.41) is 23.8. The van der Waals surface area contributed by atoms with Gasteiger partial charge in [-0.05, 0) is 50.3 Å². The van der Waals surface area contributed by atoms with E-state index in [4.69, 9.17) is 0 Å². The lowest BCUT2D eigenvalue weighted by Gasteiger charge is -2.33. The maximum absolute atomic E-state index is 10.6. The highest BCUT2D eigenvalue weighted by Gasteiger charge is 2.29. The number of anilines is 1. The number of aliphatic hydroxyl groups is 2. The van der Waals surface area contributed by atoms with Crippen molar-refractivity contribution in [2.75, 3.05) is 24.5 Å². The number of nitrogens with one attached hydrogen (secondary N) is 1. The first kappa shape index (κ1) is 17.7. The standard InChI is InChI=1S/C20H32N2O2/c1-16(21-15-20(24)11-3-2-4-12-20)17-5-7-18(8-6-17)22-13-9-19(23)10-14-22/h5-8,16,19,21,23-24H,2-4,9-15H2,1H3. The fourth-order valence-electron chi connectivity index (χ4n) is 3.95. The van der Waals surface area contributed by atoms with Crippen LogP contribution in [-0.4, -0.2) is 41.6 Å². The molecule has 24 heavy (non-hydrogen) atoms. The third-order valence-corrected chi connectivity index (χ3v) is 5.74. The highest BCUT2D eigenvalue weighted by molar-refractivity contribution is 5.48. The largest absolute Gasteiger partial charge is 0.393 e. The van der Waals surface area contributed by atoms with Crippen LogP contribution in [0.25, 0.3) is 0 Å². The second kappa shape index (κ2) is 7.85. The topological polar surface area (TPSA) is 55.7 Å². The monoisotopic (exact) mass is 332 g/mol. The van der Waals surface area contributed by atoms with Gasteiger partial charge in [0.1, 0.15) is 0 Å². The molecule has 1 aliphatic carbocycles. The zero-order valence-corrected chi connectivity index (χ0v) is 14.9. The first-order chi connectivity index (χ1) is 11.6. The van der Waals surface area contributed by atoms with Crippen LogP contribution in [0.5, 0.6) is 0 Å². The Labute approximate surface area is 145 Å². The number of aliphatic hydroxyl groups excluding tert-OH is 1. The summed E-state index contributed by atoms with van der Waals surface area (Å²) in [5.41, 5.74) is 1.99. The molecule has 0 amide bonds. The maximum Gasteiger partial charge on any atom is 0.0771 e. The quantitative estimate of drug-likeness (QED) is 0.776. The van der Waals surface area contributed by atoms with Gasteiger partial charge in [-0.15, -0.1) is 0 Å². The Balaban J connectivity index is 1.52. The van der Waals surface area contributed by atoms with E-state index in [0.29, 0.717) is 6.54 Å². The lowest BCUT2D eigenvalue weighted by molar-refractivity contribution is 0.00300. The number of piperidine rings is 1. The molecular weight excluding hydrogens is 300 g/mol. The van der Waals surface area contributed by atoms with E-state index in [-0.39, 0.29) is 12.1 Å². The summed E-state index contributed by atoms with van der Waals surface area (Å²) in [6, 6.07) is 8.97.